The zero-order valence-electron chi connectivity index (χ0n) is 12.3. The Bertz CT molecular complexity index is 558. The molecule has 6 heteroatoms. The highest BCUT2D eigenvalue weighted by molar-refractivity contribution is 9.10. The number of amides is 1. The van der Waals surface area contributed by atoms with E-state index in [1.54, 1.807) is 16.8 Å². The minimum absolute atomic E-state index is 0.0872. The van der Waals surface area contributed by atoms with Gasteiger partial charge < -0.3 is 15.2 Å². The molecule has 1 aromatic heterocycles. The van der Waals surface area contributed by atoms with Crippen molar-refractivity contribution in [3.63, 3.8) is 0 Å². The molecule has 2 heterocycles. The van der Waals surface area contributed by atoms with Gasteiger partial charge in [-0.1, -0.05) is 6.92 Å². The molecule has 0 aliphatic carbocycles. The van der Waals surface area contributed by atoms with Crippen LogP contribution in [-0.2, 0) is 11.3 Å². The first-order valence-corrected chi connectivity index (χ1v) is 8.16. The molecule has 1 saturated heterocycles. The Balaban J connectivity index is 1.98. The predicted octanol–water partition coefficient (Wildman–Crippen LogP) is 1.59. The van der Waals surface area contributed by atoms with Gasteiger partial charge in [0.15, 0.2) is 0 Å². The van der Waals surface area contributed by atoms with Crippen LogP contribution in [0.25, 0.3) is 0 Å². The lowest BCUT2D eigenvalue weighted by Crippen LogP contribution is -2.49. The highest BCUT2D eigenvalue weighted by atomic mass is 79.9. The van der Waals surface area contributed by atoms with Crippen molar-refractivity contribution >= 4 is 21.8 Å². The van der Waals surface area contributed by atoms with E-state index in [1.807, 2.05) is 4.90 Å². The van der Waals surface area contributed by atoms with E-state index < -0.39 is 0 Å². The molecule has 2 N–H and O–H groups in total. The Kier molecular flexibility index (Phi) is 5.58. The van der Waals surface area contributed by atoms with E-state index in [4.69, 9.17) is 5.73 Å². The number of halogens is 1. The number of hydrogen-bond donors (Lipinski definition) is 1. The number of aryl methyl sites for hydroxylation is 1. The van der Waals surface area contributed by atoms with Crippen LogP contribution in [0.15, 0.2) is 27.6 Å². The second-order valence-electron chi connectivity index (χ2n) is 5.74. The number of rotatable bonds is 4. The van der Waals surface area contributed by atoms with Crippen molar-refractivity contribution < 1.29 is 4.79 Å². The van der Waals surface area contributed by atoms with Crippen molar-refractivity contribution in [2.45, 2.75) is 38.8 Å². The molecular weight excluding hydrogens is 334 g/mol. The first-order chi connectivity index (χ1) is 10.0. The van der Waals surface area contributed by atoms with E-state index in [0.29, 0.717) is 25.4 Å². The molecule has 1 aromatic rings. The molecule has 2 atom stereocenters. The summed E-state index contributed by atoms with van der Waals surface area (Å²) in [6.07, 6.45) is 4.05. The zero-order valence-corrected chi connectivity index (χ0v) is 13.9. The first kappa shape index (κ1) is 16.2. The SMILES string of the molecule is CC1CCN(C(=O)CCn2cc(Br)ccc2=O)C(CN)C1. The molecular formula is C15H22BrN3O2. The fourth-order valence-corrected chi connectivity index (χ4v) is 3.22. The lowest BCUT2D eigenvalue weighted by molar-refractivity contribution is -0.135. The van der Waals surface area contributed by atoms with Crippen molar-refractivity contribution in [1.29, 1.82) is 0 Å². The molecule has 2 rings (SSSR count). The smallest absolute Gasteiger partial charge is 0.250 e. The molecule has 5 nitrogen and oxygen atoms in total. The third kappa shape index (κ3) is 4.17. The normalized spacial score (nSPS) is 22.3. The summed E-state index contributed by atoms with van der Waals surface area (Å²) in [6.45, 7) is 3.88. The Morgan fingerprint density at radius 2 is 2.24 bits per heavy atom. The lowest BCUT2D eigenvalue weighted by atomic mass is 9.92. The van der Waals surface area contributed by atoms with E-state index in [9.17, 15) is 9.59 Å². The quantitative estimate of drug-likeness (QED) is 0.891. The van der Waals surface area contributed by atoms with Crippen molar-refractivity contribution in [3.05, 3.63) is 33.2 Å². The van der Waals surface area contributed by atoms with Crippen LogP contribution >= 0.6 is 15.9 Å². The molecule has 21 heavy (non-hydrogen) atoms. The Morgan fingerprint density at radius 1 is 1.48 bits per heavy atom. The standard InChI is InChI=1S/C15H22BrN3O2/c1-11-4-7-19(13(8-11)9-17)15(21)5-6-18-10-12(16)2-3-14(18)20/h2-3,10-11,13H,4-9,17H2,1H3. The van der Waals surface area contributed by atoms with Crippen molar-refractivity contribution in [3.8, 4) is 0 Å². The van der Waals surface area contributed by atoms with Gasteiger partial charge in [0.25, 0.3) is 5.56 Å². The summed E-state index contributed by atoms with van der Waals surface area (Å²) in [6, 6.07) is 3.34. The molecule has 1 fully saturated rings. The molecule has 0 saturated carbocycles. The monoisotopic (exact) mass is 355 g/mol. The Hall–Kier alpha value is -1.14. The van der Waals surface area contributed by atoms with Gasteiger partial charge in [0.1, 0.15) is 0 Å². The molecule has 0 aromatic carbocycles. The van der Waals surface area contributed by atoms with Gasteiger partial charge in [-0.15, -0.1) is 0 Å². The second-order valence-corrected chi connectivity index (χ2v) is 6.65. The fraction of sp³-hybridized carbons (Fsp3) is 0.600. The van der Waals surface area contributed by atoms with E-state index in [-0.39, 0.29) is 17.5 Å². The number of piperidine rings is 1. The molecule has 1 aliphatic rings. The van der Waals surface area contributed by atoms with E-state index in [1.165, 1.54) is 6.07 Å². The van der Waals surface area contributed by atoms with Crippen LogP contribution < -0.4 is 11.3 Å². The van der Waals surface area contributed by atoms with Crippen LogP contribution in [0, 0.1) is 5.92 Å². The third-order valence-corrected chi connectivity index (χ3v) is 4.55. The van der Waals surface area contributed by atoms with Crippen LogP contribution in [0.2, 0.25) is 0 Å². The van der Waals surface area contributed by atoms with Crippen molar-refractivity contribution in [2.24, 2.45) is 11.7 Å². The second kappa shape index (κ2) is 7.22. The van der Waals surface area contributed by atoms with E-state index in [2.05, 4.69) is 22.9 Å². The van der Waals surface area contributed by atoms with Crippen molar-refractivity contribution in [1.82, 2.24) is 9.47 Å². The van der Waals surface area contributed by atoms with Crippen LogP contribution in [0.4, 0.5) is 0 Å². The topological polar surface area (TPSA) is 68.3 Å². The van der Waals surface area contributed by atoms with Crippen LogP contribution in [-0.4, -0.2) is 34.5 Å². The molecule has 0 spiro atoms. The maximum absolute atomic E-state index is 12.4. The summed E-state index contributed by atoms with van der Waals surface area (Å²) in [5, 5.41) is 0. The fourth-order valence-electron chi connectivity index (χ4n) is 2.84. The molecule has 116 valence electrons. The van der Waals surface area contributed by atoms with Gasteiger partial charge in [0.05, 0.1) is 0 Å². The third-order valence-electron chi connectivity index (χ3n) is 4.08. The van der Waals surface area contributed by atoms with E-state index >= 15 is 0 Å². The summed E-state index contributed by atoms with van der Waals surface area (Å²) < 4.78 is 2.40. The number of likely N-dealkylation sites (tertiary alicyclic amines) is 1. The number of carbonyl (C=O) groups excluding carboxylic acids is 1. The number of hydrogen-bond acceptors (Lipinski definition) is 3. The minimum Gasteiger partial charge on any atom is -0.338 e. The van der Waals surface area contributed by atoms with Gasteiger partial charge in [0.2, 0.25) is 5.91 Å². The molecule has 0 bridgehead atoms. The largest absolute Gasteiger partial charge is 0.338 e. The van der Waals surface area contributed by atoms with Gasteiger partial charge in [-0.25, -0.2) is 0 Å². The van der Waals surface area contributed by atoms with Crippen LogP contribution in [0.5, 0.6) is 0 Å². The Morgan fingerprint density at radius 3 is 2.95 bits per heavy atom. The van der Waals surface area contributed by atoms with Crippen LogP contribution in [0.1, 0.15) is 26.2 Å². The van der Waals surface area contributed by atoms with Gasteiger partial charge in [-0.3, -0.25) is 9.59 Å². The van der Waals surface area contributed by atoms with Gasteiger partial charge in [-0.2, -0.15) is 0 Å². The summed E-state index contributed by atoms with van der Waals surface area (Å²) in [5.41, 5.74) is 5.70. The minimum atomic E-state index is -0.0892. The van der Waals surface area contributed by atoms with Gasteiger partial charge in [0, 0.05) is 48.8 Å². The number of pyridine rings is 1. The highest BCUT2D eigenvalue weighted by Crippen LogP contribution is 2.22. The van der Waals surface area contributed by atoms with Crippen molar-refractivity contribution in [2.75, 3.05) is 13.1 Å². The maximum Gasteiger partial charge on any atom is 0.250 e. The number of nitrogens with zero attached hydrogens (tertiary/aromatic N) is 2. The van der Waals surface area contributed by atoms with Crippen LogP contribution in [0.3, 0.4) is 0 Å². The summed E-state index contributed by atoms with van der Waals surface area (Å²) in [5.74, 6) is 0.708. The maximum atomic E-state index is 12.4. The summed E-state index contributed by atoms with van der Waals surface area (Å²) in [4.78, 5) is 26.0. The average Bonchev–Trinajstić information content (AvgIpc) is 2.47. The zero-order chi connectivity index (χ0) is 15.4. The molecule has 1 aliphatic heterocycles. The highest BCUT2D eigenvalue weighted by Gasteiger charge is 2.28. The van der Waals surface area contributed by atoms with Gasteiger partial charge >= 0.3 is 0 Å². The molecule has 2 unspecified atom stereocenters. The number of aromatic nitrogens is 1. The first-order valence-electron chi connectivity index (χ1n) is 7.36. The summed E-state index contributed by atoms with van der Waals surface area (Å²) >= 11 is 3.34. The number of nitrogens with two attached hydrogens (primary N) is 1. The van der Waals surface area contributed by atoms with E-state index in [0.717, 1.165) is 23.9 Å². The lowest BCUT2D eigenvalue weighted by Gasteiger charge is -2.38. The average molecular weight is 356 g/mol. The molecule has 1 amide bonds. The summed E-state index contributed by atoms with van der Waals surface area (Å²) in [7, 11) is 0. The number of carbonyl (C=O) groups is 1. The van der Waals surface area contributed by atoms with Gasteiger partial charge in [-0.05, 0) is 40.8 Å². The Labute approximate surface area is 133 Å². The predicted molar refractivity (Wildman–Crippen MR) is 86.0 cm³/mol. The molecule has 0 radical (unpaired) electrons.